The Bertz CT molecular complexity index is 327. The standard InChI is InChI=1S/C10H10Cl3N/c1-7(5-11)6-14-10-3-8(12)2-9(13)4-10/h2-5,14H,6H2,1H3/b7-5-. The maximum atomic E-state index is 5.83. The Labute approximate surface area is 98.7 Å². The van der Waals surface area contributed by atoms with Gasteiger partial charge in [0.15, 0.2) is 0 Å². The lowest BCUT2D eigenvalue weighted by molar-refractivity contribution is 1.21. The highest BCUT2D eigenvalue weighted by Crippen LogP contribution is 2.22. The number of halogens is 3. The zero-order valence-corrected chi connectivity index (χ0v) is 9.92. The van der Waals surface area contributed by atoms with Crippen molar-refractivity contribution in [1.82, 2.24) is 0 Å². The summed E-state index contributed by atoms with van der Waals surface area (Å²) in [4.78, 5) is 0. The number of hydrogen-bond donors (Lipinski definition) is 1. The molecule has 0 atom stereocenters. The molecule has 76 valence electrons. The molecule has 1 rings (SSSR count). The lowest BCUT2D eigenvalue weighted by Crippen LogP contribution is -2.01. The van der Waals surface area contributed by atoms with Crippen LogP contribution >= 0.6 is 34.8 Å². The number of rotatable bonds is 3. The molecule has 0 saturated carbocycles. The molecule has 0 aliphatic carbocycles. The van der Waals surface area contributed by atoms with Crippen LogP contribution < -0.4 is 5.32 Å². The Morgan fingerprint density at radius 2 is 1.86 bits per heavy atom. The molecule has 0 heterocycles. The van der Waals surface area contributed by atoms with E-state index in [9.17, 15) is 0 Å². The zero-order valence-electron chi connectivity index (χ0n) is 7.65. The molecule has 0 saturated heterocycles. The normalized spacial score (nSPS) is 11.6. The van der Waals surface area contributed by atoms with Crippen LogP contribution in [-0.4, -0.2) is 6.54 Å². The molecular formula is C10H10Cl3N. The van der Waals surface area contributed by atoms with E-state index in [0.29, 0.717) is 16.6 Å². The summed E-state index contributed by atoms with van der Waals surface area (Å²) in [7, 11) is 0. The zero-order chi connectivity index (χ0) is 10.6. The minimum Gasteiger partial charge on any atom is -0.381 e. The Balaban J connectivity index is 2.67. The van der Waals surface area contributed by atoms with Crippen LogP contribution in [0.2, 0.25) is 10.0 Å². The number of benzene rings is 1. The first-order valence-corrected chi connectivity index (χ1v) is 5.27. The second-order valence-electron chi connectivity index (χ2n) is 2.97. The first-order valence-electron chi connectivity index (χ1n) is 4.07. The SMILES string of the molecule is C/C(=C/Cl)CNc1cc(Cl)cc(Cl)c1. The summed E-state index contributed by atoms with van der Waals surface area (Å²) >= 11 is 17.2. The molecule has 0 radical (unpaired) electrons. The van der Waals surface area contributed by atoms with Crippen LogP contribution in [0.1, 0.15) is 6.92 Å². The monoisotopic (exact) mass is 249 g/mol. The van der Waals surface area contributed by atoms with Gasteiger partial charge in [-0.05, 0) is 30.7 Å². The second kappa shape index (κ2) is 5.50. The molecule has 0 spiro atoms. The van der Waals surface area contributed by atoms with Gasteiger partial charge in [-0.25, -0.2) is 0 Å². The molecule has 4 heteroatoms. The fourth-order valence-electron chi connectivity index (χ4n) is 0.936. The van der Waals surface area contributed by atoms with Gasteiger partial charge in [0.2, 0.25) is 0 Å². The van der Waals surface area contributed by atoms with Crippen LogP contribution in [0.5, 0.6) is 0 Å². The van der Waals surface area contributed by atoms with E-state index in [1.807, 2.05) is 19.1 Å². The Hall–Kier alpha value is -0.370. The first-order chi connectivity index (χ1) is 6.61. The summed E-state index contributed by atoms with van der Waals surface area (Å²) in [6.07, 6.45) is 0. The lowest BCUT2D eigenvalue weighted by Gasteiger charge is -2.06. The first kappa shape index (κ1) is 11.7. The molecule has 1 aromatic carbocycles. The fourth-order valence-corrected chi connectivity index (χ4v) is 1.54. The fraction of sp³-hybridized carbons (Fsp3) is 0.200. The molecule has 1 N–H and O–H groups in total. The summed E-state index contributed by atoms with van der Waals surface area (Å²) in [5.74, 6) is 0. The Kier molecular flexibility index (Phi) is 4.59. The lowest BCUT2D eigenvalue weighted by atomic mass is 10.3. The average molecular weight is 251 g/mol. The van der Waals surface area contributed by atoms with Gasteiger partial charge < -0.3 is 5.32 Å². The molecule has 1 nitrogen and oxygen atoms in total. The Morgan fingerprint density at radius 1 is 1.29 bits per heavy atom. The largest absolute Gasteiger partial charge is 0.381 e. The van der Waals surface area contributed by atoms with Crippen LogP contribution in [0.4, 0.5) is 5.69 Å². The van der Waals surface area contributed by atoms with Gasteiger partial charge in [-0.3, -0.25) is 0 Å². The van der Waals surface area contributed by atoms with Crippen LogP contribution in [0.25, 0.3) is 0 Å². The van der Waals surface area contributed by atoms with Crippen molar-refractivity contribution < 1.29 is 0 Å². The summed E-state index contributed by atoms with van der Waals surface area (Å²) in [5, 5.41) is 4.39. The third kappa shape index (κ3) is 3.79. The van der Waals surface area contributed by atoms with Crippen molar-refractivity contribution in [2.75, 3.05) is 11.9 Å². The van der Waals surface area contributed by atoms with Crippen LogP contribution in [0.15, 0.2) is 29.3 Å². The maximum Gasteiger partial charge on any atom is 0.0441 e. The van der Waals surface area contributed by atoms with Gasteiger partial charge in [0, 0.05) is 27.8 Å². The molecule has 0 bridgehead atoms. The van der Waals surface area contributed by atoms with Gasteiger partial charge in [0.1, 0.15) is 0 Å². The minimum atomic E-state index is 0.618. The van der Waals surface area contributed by atoms with Gasteiger partial charge in [0.05, 0.1) is 0 Å². The number of anilines is 1. The van der Waals surface area contributed by atoms with Gasteiger partial charge in [-0.15, -0.1) is 0 Å². The molecule has 0 aromatic heterocycles. The van der Waals surface area contributed by atoms with Gasteiger partial charge in [0.25, 0.3) is 0 Å². The highest BCUT2D eigenvalue weighted by Gasteiger charge is 1.97. The molecule has 0 unspecified atom stereocenters. The van der Waals surface area contributed by atoms with Gasteiger partial charge in [-0.2, -0.15) is 0 Å². The topological polar surface area (TPSA) is 12.0 Å². The maximum absolute atomic E-state index is 5.83. The van der Waals surface area contributed by atoms with Crippen molar-refractivity contribution in [3.8, 4) is 0 Å². The molecule has 14 heavy (non-hydrogen) atoms. The molecule has 1 aromatic rings. The molecule has 0 amide bonds. The van der Waals surface area contributed by atoms with Crippen molar-refractivity contribution >= 4 is 40.5 Å². The van der Waals surface area contributed by atoms with Gasteiger partial charge in [-0.1, -0.05) is 34.8 Å². The van der Waals surface area contributed by atoms with E-state index in [1.165, 1.54) is 0 Å². The van der Waals surface area contributed by atoms with Crippen molar-refractivity contribution in [1.29, 1.82) is 0 Å². The number of nitrogens with one attached hydrogen (secondary N) is 1. The van der Waals surface area contributed by atoms with E-state index in [1.54, 1.807) is 11.6 Å². The highest BCUT2D eigenvalue weighted by molar-refractivity contribution is 6.35. The molecule has 0 aliphatic rings. The number of hydrogen-bond acceptors (Lipinski definition) is 1. The van der Waals surface area contributed by atoms with E-state index < -0.39 is 0 Å². The molecule has 0 fully saturated rings. The minimum absolute atomic E-state index is 0.618. The van der Waals surface area contributed by atoms with E-state index in [2.05, 4.69) is 5.32 Å². The van der Waals surface area contributed by atoms with Crippen molar-refractivity contribution in [2.45, 2.75) is 6.92 Å². The van der Waals surface area contributed by atoms with Crippen molar-refractivity contribution in [3.05, 3.63) is 39.4 Å². The highest BCUT2D eigenvalue weighted by atomic mass is 35.5. The van der Waals surface area contributed by atoms with Crippen LogP contribution in [0.3, 0.4) is 0 Å². The smallest absolute Gasteiger partial charge is 0.0441 e. The van der Waals surface area contributed by atoms with Crippen molar-refractivity contribution in [2.24, 2.45) is 0 Å². The van der Waals surface area contributed by atoms with E-state index >= 15 is 0 Å². The van der Waals surface area contributed by atoms with Crippen LogP contribution in [0, 0.1) is 0 Å². The predicted octanol–water partition coefficient (Wildman–Crippen LogP) is 4.55. The average Bonchev–Trinajstić information content (AvgIpc) is 2.12. The summed E-state index contributed by atoms with van der Waals surface area (Å²) in [5.41, 5.74) is 3.47. The van der Waals surface area contributed by atoms with E-state index in [0.717, 1.165) is 11.3 Å². The summed E-state index contributed by atoms with van der Waals surface area (Å²) < 4.78 is 0. The second-order valence-corrected chi connectivity index (χ2v) is 4.06. The third-order valence-corrected chi connectivity index (χ3v) is 2.43. The molecule has 0 aliphatic heterocycles. The summed E-state index contributed by atoms with van der Waals surface area (Å²) in [6, 6.07) is 5.32. The Morgan fingerprint density at radius 3 is 2.36 bits per heavy atom. The van der Waals surface area contributed by atoms with Gasteiger partial charge >= 0.3 is 0 Å². The third-order valence-electron chi connectivity index (χ3n) is 1.62. The quantitative estimate of drug-likeness (QED) is 0.830. The predicted molar refractivity (Wildman–Crippen MR) is 64.6 cm³/mol. The molecular weight excluding hydrogens is 240 g/mol. The summed E-state index contributed by atoms with van der Waals surface area (Å²) in [6.45, 7) is 2.62. The van der Waals surface area contributed by atoms with Crippen molar-refractivity contribution in [3.63, 3.8) is 0 Å². The van der Waals surface area contributed by atoms with E-state index in [4.69, 9.17) is 34.8 Å². The van der Waals surface area contributed by atoms with E-state index in [-0.39, 0.29) is 0 Å². The van der Waals surface area contributed by atoms with Crippen LogP contribution in [-0.2, 0) is 0 Å².